The highest BCUT2D eigenvalue weighted by molar-refractivity contribution is 7.96. The molecule has 0 aliphatic rings. The first-order chi connectivity index (χ1) is 13.2. The molecule has 144 valence electrons. The second-order valence-electron chi connectivity index (χ2n) is 6.27. The van der Waals surface area contributed by atoms with Crippen LogP contribution < -0.4 is 28.3 Å². The Bertz CT molecular complexity index is 802. The van der Waals surface area contributed by atoms with Gasteiger partial charge >= 0.3 is 5.97 Å². The topological polar surface area (TPSA) is 43.4 Å². The molecule has 0 spiro atoms. The monoisotopic (exact) mass is 412 g/mol. The number of ketones is 1. The lowest BCUT2D eigenvalue weighted by atomic mass is 10.3. The van der Waals surface area contributed by atoms with Gasteiger partial charge in [0.25, 0.3) is 0 Å². The first-order valence-electron chi connectivity index (χ1n) is 8.80. The zero-order chi connectivity index (χ0) is 19.1. The van der Waals surface area contributed by atoms with Gasteiger partial charge in [0.1, 0.15) is 35.8 Å². The quantitative estimate of drug-likeness (QED) is 0.314. The summed E-state index contributed by atoms with van der Waals surface area (Å²) >= 11 is 0. The van der Waals surface area contributed by atoms with Gasteiger partial charge in [-0.2, -0.15) is 0 Å². The Hall–Kier alpha value is -2.48. The Morgan fingerprint density at radius 1 is 0.714 bits per heavy atom. The van der Waals surface area contributed by atoms with E-state index in [9.17, 15) is 9.59 Å². The number of Topliss-reactive ketones (excluding diaryl/α,β-unsaturated/α-hetero) is 1. The van der Waals surface area contributed by atoms with Gasteiger partial charge < -0.3 is 17.1 Å². The number of halogens is 1. The van der Waals surface area contributed by atoms with Crippen LogP contribution in [0, 0.1) is 0 Å². The van der Waals surface area contributed by atoms with Gasteiger partial charge in [-0.15, -0.1) is 0 Å². The van der Waals surface area contributed by atoms with Crippen molar-refractivity contribution in [1.29, 1.82) is 0 Å². The predicted molar refractivity (Wildman–Crippen MR) is 112 cm³/mol. The molecule has 3 aromatic rings. The van der Waals surface area contributed by atoms with Crippen LogP contribution in [-0.4, -0.2) is 25.0 Å². The maximum Gasteiger partial charge on any atom is 0.313 e. The molecule has 0 aromatic heterocycles. The van der Waals surface area contributed by atoms with Crippen LogP contribution >= 0.6 is 7.26 Å². The summed E-state index contributed by atoms with van der Waals surface area (Å²) in [7, 11) is -0.924. The Kier molecular flexibility index (Phi) is 7.92. The summed E-state index contributed by atoms with van der Waals surface area (Å²) in [5.74, 6) is -0.598. The zero-order valence-corrected chi connectivity index (χ0v) is 17.3. The first-order valence-corrected chi connectivity index (χ1v) is 10.8. The number of carbonyl (C=O) groups excluding carboxylic acids is 2. The molecular formula is C23H22ClO3P. The summed E-state index contributed by atoms with van der Waals surface area (Å²) in [6.07, 6.45) is 0.0882. The fourth-order valence-corrected chi connectivity index (χ4v) is 7.45. The van der Waals surface area contributed by atoms with E-state index in [1.165, 1.54) is 7.11 Å². The molecule has 0 aliphatic heterocycles. The molecule has 0 radical (unpaired) electrons. The van der Waals surface area contributed by atoms with Crippen LogP contribution in [0.15, 0.2) is 91.0 Å². The summed E-state index contributed by atoms with van der Waals surface area (Å²) in [6.45, 7) is 0. The second-order valence-corrected chi connectivity index (χ2v) is 9.75. The summed E-state index contributed by atoms with van der Waals surface area (Å²) < 4.78 is 4.71. The molecule has 28 heavy (non-hydrogen) atoms. The Labute approximate surface area is 172 Å². The lowest BCUT2D eigenvalue weighted by molar-refractivity contribution is -0.142. The van der Waals surface area contributed by atoms with Crippen molar-refractivity contribution in [2.45, 2.75) is 6.42 Å². The molecule has 3 rings (SSSR count). The Morgan fingerprint density at radius 3 is 1.39 bits per heavy atom. The molecule has 0 heterocycles. The van der Waals surface area contributed by atoms with Crippen molar-refractivity contribution in [3.8, 4) is 0 Å². The summed E-state index contributed by atoms with van der Waals surface area (Å²) in [5.41, 5.74) is 0. The highest BCUT2D eigenvalue weighted by atomic mass is 35.5. The van der Waals surface area contributed by atoms with E-state index in [0.717, 1.165) is 15.9 Å². The van der Waals surface area contributed by atoms with Gasteiger partial charge in [-0.3, -0.25) is 9.59 Å². The smallest absolute Gasteiger partial charge is 0.313 e. The van der Waals surface area contributed by atoms with E-state index in [-0.39, 0.29) is 24.6 Å². The predicted octanol–water partition coefficient (Wildman–Crippen LogP) is 0.117. The van der Waals surface area contributed by atoms with Crippen molar-refractivity contribution in [1.82, 2.24) is 0 Å². The van der Waals surface area contributed by atoms with Crippen molar-refractivity contribution in [2.75, 3.05) is 13.3 Å². The van der Waals surface area contributed by atoms with E-state index >= 15 is 0 Å². The van der Waals surface area contributed by atoms with Crippen LogP contribution in [0.2, 0.25) is 0 Å². The third kappa shape index (κ3) is 4.67. The molecular weight excluding hydrogens is 391 g/mol. The van der Waals surface area contributed by atoms with E-state index in [1.807, 2.05) is 54.6 Å². The van der Waals surface area contributed by atoms with E-state index < -0.39 is 13.2 Å². The standard InChI is InChI=1S/C23H22O3P.ClH/c1-26-23(25)17-19(24)18-27(20-11-5-2-6-12-20,21-13-7-3-8-14-21)22-15-9-4-10-16-22;/h2-16H,17-18H2,1H3;1H/q+1;/p-1. The van der Waals surface area contributed by atoms with Gasteiger partial charge in [0.15, 0.2) is 5.78 Å². The average Bonchev–Trinajstić information content (AvgIpc) is 2.74. The van der Waals surface area contributed by atoms with Crippen molar-refractivity contribution >= 4 is 34.9 Å². The third-order valence-electron chi connectivity index (χ3n) is 4.57. The molecule has 3 nitrogen and oxygen atoms in total. The number of hydrogen-bond donors (Lipinski definition) is 0. The zero-order valence-electron chi connectivity index (χ0n) is 15.6. The van der Waals surface area contributed by atoms with Gasteiger partial charge in [0.05, 0.1) is 7.11 Å². The molecule has 0 aliphatic carbocycles. The molecule has 0 N–H and O–H groups in total. The first kappa shape index (κ1) is 21.8. The highest BCUT2D eigenvalue weighted by Gasteiger charge is 2.47. The van der Waals surface area contributed by atoms with Gasteiger partial charge in [-0.1, -0.05) is 54.6 Å². The van der Waals surface area contributed by atoms with Gasteiger partial charge in [-0.25, -0.2) is 0 Å². The molecule has 5 heteroatoms. The minimum atomic E-state index is -2.23. The summed E-state index contributed by atoms with van der Waals surface area (Å²) in [6, 6.07) is 30.4. The lowest BCUT2D eigenvalue weighted by Gasteiger charge is -2.27. The van der Waals surface area contributed by atoms with Crippen molar-refractivity contribution in [3.05, 3.63) is 91.0 Å². The fraction of sp³-hybridized carbons (Fsp3) is 0.130. The number of rotatable bonds is 7. The normalized spacial score (nSPS) is 10.6. The summed E-state index contributed by atoms with van der Waals surface area (Å²) in [5, 5.41) is 3.38. The molecule has 0 saturated carbocycles. The Balaban J connectivity index is 0.00000280. The van der Waals surface area contributed by atoms with Crippen molar-refractivity contribution in [3.63, 3.8) is 0 Å². The van der Waals surface area contributed by atoms with Crippen molar-refractivity contribution in [2.24, 2.45) is 0 Å². The van der Waals surface area contributed by atoms with Crippen LogP contribution in [0.4, 0.5) is 0 Å². The maximum absolute atomic E-state index is 12.9. The third-order valence-corrected chi connectivity index (χ3v) is 8.94. The van der Waals surface area contributed by atoms with Crippen molar-refractivity contribution < 1.29 is 26.7 Å². The molecule has 0 amide bonds. The molecule has 0 saturated heterocycles. The number of benzene rings is 3. The van der Waals surface area contributed by atoms with Crippen LogP contribution in [0.3, 0.4) is 0 Å². The minimum Gasteiger partial charge on any atom is -1.00 e. The number of hydrogen-bond acceptors (Lipinski definition) is 3. The van der Waals surface area contributed by atoms with Gasteiger partial charge in [0.2, 0.25) is 0 Å². The number of methoxy groups -OCH3 is 1. The van der Waals surface area contributed by atoms with Crippen LogP contribution in [0.5, 0.6) is 0 Å². The largest absolute Gasteiger partial charge is 1.00 e. The van der Waals surface area contributed by atoms with Crippen LogP contribution in [-0.2, 0) is 14.3 Å². The minimum absolute atomic E-state index is 0. The van der Waals surface area contributed by atoms with Crippen LogP contribution in [0.1, 0.15) is 6.42 Å². The highest BCUT2D eigenvalue weighted by Crippen LogP contribution is 2.55. The maximum atomic E-state index is 12.9. The SMILES string of the molecule is COC(=O)CC(=O)C[P+](c1ccccc1)(c1ccccc1)c1ccccc1.[Cl-]. The van der Waals surface area contributed by atoms with E-state index in [0.29, 0.717) is 6.16 Å². The molecule has 0 fully saturated rings. The molecule has 3 aromatic carbocycles. The molecule has 0 bridgehead atoms. The number of ether oxygens (including phenoxy) is 1. The van der Waals surface area contributed by atoms with E-state index in [1.54, 1.807) is 0 Å². The van der Waals surface area contributed by atoms with E-state index in [4.69, 9.17) is 4.74 Å². The van der Waals surface area contributed by atoms with Gasteiger partial charge in [-0.05, 0) is 36.4 Å². The number of esters is 1. The van der Waals surface area contributed by atoms with Crippen LogP contribution in [0.25, 0.3) is 0 Å². The van der Waals surface area contributed by atoms with Gasteiger partial charge in [0, 0.05) is 0 Å². The Morgan fingerprint density at radius 2 is 1.07 bits per heavy atom. The molecule has 0 unspecified atom stereocenters. The average molecular weight is 413 g/mol. The number of carbonyl (C=O) groups is 2. The lowest BCUT2D eigenvalue weighted by Crippen LogP contribution is -3.00. The second kappa shape index (κ2) is 10.2. The molecule has 0 atom stereocenters. The van der Waals surface area contributed by atoms with E-state index in [2.05, 4.69) is 36.4 Å². The summed E-state index contributed by atoms with van der Waals surface area (Å²) in [4.78, 5) is 24.6. The fourth-order valence-electron chi connectivity index (χ4n) is 3.32.